The molecule has 37 heavy (non-hydrogen) atoms. The molecule has 0 radical (unpaired) electrons. The fourth-order valence-corrected chi connectivity index (χ4v) is 3.85. The van der Waals surface area contributed by atoms with Gasteiger partial charge < -0.3 is 4.52 Å². The smallest absolute Gasteiger partial charge is 0.334 e. The van der Waals surface area contributed by atoms with E-state index in [0.29, 0.717) is 5.69 Å². The van der Waals surface area contributed by atoms with Crippen LogP contribution >= 0.6 is 12.1 Å². The molecular weight excluding hydrogens is 512 g/mol. The second kappa shape index (κ2) is 11.1. The number of alkyl halides is 2. The van der Waals surface area contributed by atoms with Crippen LogP contribution in [0.4, 0.5) is 17.6 Å². The Morgan fingerprint density at radius 1 is 1.22 bits per heavy atom. The van der Waals surface area contributed by atoms with E-state index >= 15 is 0 Å². The lowest BCUT2D eigenvalue weighted by Crippen LogP contribution is -2.24. The molecule has 1 atom stereocenters. The molecule has 3 aromatic heterocycles. The van der Waals surface area contributed by atoms with E-state index in [1.807, 2.05) is 32.2 Å². The van der Waals surface area contributed by atoms with Gasteiger partial charge in [0.25, 0.3) is 5.92 Å². The highest BCUT2D eigenvalue weighted by Crippen LogP contribution is 2.42. The molecule has 0 spiro atoms. The lowest BCUT2D eigenvalue weighted by Gasteiger charge is -2.13. The number of fused-ring (bicyclic) bond motifs is 2. The topological polar surface area (TPSA) is 95.1 Å². The van der Waals surface area contributed by atoms with Gasteiger partial charge in [-0.15, -0.1) is 0 Å². The summed E-state index contributed by atoms with van der Waals surface area (Å²) in [7, 11) is 3.79. The van der Waals surface area contributed by atoms with Crippen molar-refractivity contribution in [1.29, 1.82) is 0 Å². The molecule has 200 valence electrons. The summed E-state index contributed by atoms with van der Waals surface area (Å²) in [6, 6.07) is 4.84. The molecule has 4 heterocycles. The number of nitrogens with two attached hydrogens (primary N) is 1. The fraction of sp³-hybridized carbons (Fsp3) is 0.375. The Kier molecular flexibility index (Phi) is 8.50. The van der Waals surface area contributed by atoms with Crippen molar-refractivity contribution in [2.75, 3.05) is 14.1 Å². The van der Waals surface area contributed by atoms with Crippen molar-refractivity contribution in [3.05, 3.63) is 64.0 Å². The van der Waals surface area contributed by atoms with E-state index in [4.69, 9.17) is 9.66 Å². The van der Waals surface area contributed by atoms with Gasteiger partial charge in [0.2, 0.25) is 0 Å². The highest BCUT2D eigenvalue weighted by molar-refractivity contribution is 7.94. The summed E-state index contributed by atoms with van der Waals surface area (Å²) in [6.45, 7) is 6.80. The summed E-state index contributed by atoms with van der Waals surface area (Å²) >= 11 is 1.21. The maximum absolute atomic E-state index is 14.5. The molecule has 2 N–H and O–H groups in total. The highest BCUT2D eigenvalue weighted by Gasteiger charge is 2.48. The minimum Gasteiger partial charge on any atom is -0.354 e. The van der Waals surface area contributed by atoms with Crippen LogP contribution in [0.3, 0.4) is 0 Å². The monoisotopic (exact) mass is 540 g/mol. The van der Waals surface area contributed by atoms with Gasteiger partial charge in [-0.1, -0.05) is 32.0 Å². The van der Waals surface area contributed by atoms with Crippen molar-refractivity contribution in [3.8, 4) is 17.1 Å². The van der Waals surface area contributed by atoms with Crippen LogP contribution in [0.1, 0.15) is 32.2 Å². The van der Waals surface area contributed by atoms with E-state index in [1.54, 1.807) is 6.92 Å². The Labute approximate surface area is 215 Å². The van der Waals surface area contributed by atoms with Crippen LogP contribution in [0.15, 0.2) is 39.8 Å². The second-order valence-electron chi connectivity index (χ2n) is 8.31. The van der Waals surface area contributed by atoms with Crippen LogP contribution in [0.5, 0.6) is 0 Å². The van der Waals surface area contributed by atoms with E-state index < -0.39 is 40.4 Å². The molecule has 0 amide bonds. The Morgan fingerprint density at radius 3 is 2.35 bits per heavy atom. The van der Waals surface area contributed by atoms with Gasteiger partial charge in [-0.25, -0.2) is 22.4 Å². The predicted molar refractivity (Wildman–Crippen MR) is 135 cm³/mol. The van der Waals surface area contributed by atoms with Gasteiger partial charge in [-0.2, -0.15) is 8.78 Å². The molecular formula is C24H28F4N6O2S. The average molecular weight is 541 g/mol. The maximum Gasteiger partial charge on any atom is 0.334 e. The molecule has 0 bridgehead atoms. The van der Waals surface area contributed by atoms with Crippen LogP contribution in [0.2, 0.25) is 0 Å². The normalized spacial score (nSPS) is 15.7. The van der Waals surface area contributed by atoms with Crippen LogP contribution in [0, 0.1) is 24.5 Å². The van der Waals surface area contributed by atoms with Gasteiger partial charge >= 0.3 is 5.69 Å². The Hall–Kier alpha value is -3.16. The van der Waals surface area contributed by atoms with E-state index in [9.17, 15) is 22.4 Å². The molecule has 0 unspecified atom stereocenters. The molecule has 1 aliphatic rings. The number of pyridine rings is 1. The molecule has 0 aliphatic carbocycles. The number of nitrogens with zero attached hydrogens (tertiary/aromatic N) is 5. The minimum atomic E-state index is -3.20. The predicted octanol–water partition coefficient (Wildman–Crippen LogP) is 5.27. The van der Waals surface area contributed by atoms with Gasteiger partial charge in [0.05, 0.1) is 16.6 Å². The minimum absolute atomic E-state index is 0.0485. The first-order chi connectivity index (χ1) is 17.5. The van der Waals surface area contributed by atoms with E-state index in [0.717, 1.165) is 27.5 Å². The Balaban J connectivity index is 0.000000489. The number of benzene rings is 1. The van der Waals surface area contributed by atoms with E-state index in [-0.39, 0.29) is 29.0 Å². The summed E-state index contributed by atoms with van der Waals surface area (Å²) in [5, 5.41) is 8.90. The first kappa shape index (κ1) is 28.4. The Morgan fingerprint density at radius 2 is 1.81 bits per heavy atom. The van der Waals surface area contributed by atoms with E-state index in [2.05, 4.69) is 10.1 Å². The maximum atomic E-state index is 14.5. The molecule has 4 aromatic rings. The zero-order valence-corrected chi connectivity index (χ0v) is 22.0. The zero-order valence-electron chi connectivity index (χ0n) is 21.2. The average Bonchev–Trinajstić information content (AvgIpc) is 3.48. The number of aromatic nitrogens is 4. The van der Waals surface area contributed by atoms with Crippen molar-refractivity contribution in [2.45, 2.75) is 40.2 Å². The zero-order chi connectivity index (χ0) is 27.7. The first-order valence-electron chi connectivity index (χ1n) is 11.4. The summed E-state index contributed by atoms with van der Waals surface area (Å²) in [4.78, 5) is 17.1. The van der Waals surface area contributed by atoms with Gasteiger partial charge in [0.1, 0.15) is 17.3 Å². The van der Waals surface area contributed by atoms with Gasteiger partial charge in [0.15, 0.2) is 11.4 Å². The van der Waals surface area contributed by atoms with Crippen molar-refractivity contribution in [1.82, 2.24) is 23.6 Å². The largest absolute Gasteiger partial charge is 0.354 e. The van der Waals surface area contributed by atoms with Gasteiger partial charge in [-0.3, -0.25) is 14.7 Å². The summed E-state index contributed by atoms with van der Waals surface area (Å²) in [5.41, 5.74) is -1.23. The molecule has 1 aliphatic heterocycles. The van der Waals surface area contributed by atoms with Gasteiger partial charge in [0, 0.05) is 42.6 Å². The molecule has 8 nitrogen and oxygen atoms in total. The van der Waals surface area contributed by atoms with Crippen LogP contribution in [-0.4, -0.2) is 37.7 Å². The molecule has 0 saturated carbocycles. The van der Waals surface area contributed by atoms with Crippen molar-refractivity contribution < 1.29 is 22.1 Å². The molecule has 0 saturated heterocycles. The lowest BCUT2D eigenvalue weighted by atomic mass is 10.1. The SMILES string of the molecule is CC.CN(C)SN.Cc1cc2onc(-n3cc4n(c3=O)C[C@@H](C)C4(F)F)c2c(-c2c(F)cccc2F)n1. The first-order valence-corrected chi connectivity index (χ1v) is 12.3. The molecule has 1 aromatic carbocycles. The van der Waals surface area contributed by atoms with Crippen molar-refractivity contribution in [3.63, 3.8) is 0 Å². The molecule has 5 rings (SSSR count). The number of aryl methyl sites for hydroxylation is 1. The van der Waals surface area contributed by atoms with Crippen molar-refractivity contribution >= 4 is 23.1 Å². The number of imidazole rings is 1. The second-order valence-corrected chi connectivity index (χ2v) is 9.25. The third-order valence-corrected chi connectivity index (χ3v) is 6.02. The Bertz CT molecular complexity index is 1440. The highest BCUT2D eigenvalue weighted by atomic mass is 32.2. The molecule has 0 fully saturated rings. The van der Waals surface area contributed by atoms with Crippen molar-refractivity contribution in [2.24, 2.45) is 11.1 Å². The van der Waals surface area contributed by atoms with Crippen LogP contribution in [0.25, 0.3) is 28.0 Å². The standard InChI is InChI=1S/C20H14F4N4O2.C2H8N2S.C2H6/c1-9-7-27-14(20(9,23)24)8-28(19(27)29)18-16-13(30-26-18)6-10(2)25-17(16)15-11(21)4-3-5-12(15)22;1-4(2)5-3;1-2/h3-6,8-9H,7H2,1-2H3;3H2,1-2H3;1-2H3/t9-;;/m1../s1. The lowest BCUT2D eigenvalue weighted by molar-refractivity contribution is -0.0454. The third kappa shape index (κ3) is 5.15. The number of halogens is 4. The summed E-state index contributed by atoms with van der Waals surface area (Å²) in [6.07, 6.45) is 0.991. The quantitative estimate of drug-likeness (QED) is 0.280. The van der Waals surface area contributed by atoms with Crippen LogP contribution < -0.4 is 10.8 Å². The molecule has 13 heteroatoms. The number of hydrogen-bond donors (Lipinski definition) is 1. The fourth-order valence-electron chi connectivity index (χ4n) is 3.85. The van der Waals surface area contributed by atoms with Crippen LogP contribution in [-0.2, 0) is 12.5 Å². The third-order valence-electron chi connectivity index (χ3n) is 5.60. The van der Waals surface area contributed by atoms with E-state index in [1.165, 1.54) is 31.2 Å². The number of hydrogen-bond acceptors (Lipinski definition) is 7. The number of rotatable bonds is 3. The summed E-state index contributed by atoms with van der Waals surface area (Å²) < 4.78 is 66.8. The summed E-state index contributed by atoms with van der Waals surface area (Å²) in [5.74, 6) is -6.12. The van der Waals surface area contributed by atoms with Gasteiger partial charge in [-0.05, 0) is 33.2 Å².